The van der Waals surface area contributed by atoms with Crippen LogP contribution in [0.5, 0.6) is 0 Å². The fraction of sp³-hybridized carbons (Fsp3) is 0.0909. The molecule has 0 amide bonds. The topological polar surface area (TPSA) is 72.0 Å². The molecule has 0 aliphatic carbocycles. The van der Waals surface area contributed by atoms with Crippen molar-refractivity contribution in [1.82, 2.24) is 10.2 Å². The lowest BCUT2D eigenvalue weighted by atomic mass is 10.0. The van der Waals surface area contributed by atoms with Gasteiger partial charge in [0, 0.05) is 34.3 Å². The molecule has 31 heavy (non-hydrogen) atoms. The summed E-state index contributed by atoms with van der Waals surface area (Å²) in [6.45, 7) is 1.66. The largest absolute Gasteiger partial charge is 0.353 e. The maximum absolute atomic E-state index is 14.5. The highest BCUT2D eigenvalue weighted by Crippen LogP contribution is 2.33. The van der Waals surface area contributed by atoms with Crippen molar-refractivity contribution in [3.8, 4) is 11.3 Å². The van der Waals surface area contributed by atoms with Crippen molar-refractivity contribution in [1.29, 1.82) is 0 Å². The highest BCUT2D eigenvalue weighted by atomic mass is 32.2. The zero-order chi connectivity index (χ0) is 22.3. The molecule has 0 aliphatic rings. The standard InChI is InChI=1S/C22H16F3N3O2S/c1-12-7-21(31(2,29)30)19(25)10-17(12)22-16-5-4-15(8-13(16)11-26-28-22)27-20-6-3-14(23)9-18(20)24/h3-11,27H,1-2H3. The van der Waals surface area contributed by atoms with Gasteiger partial charge >= 0.3 is 0 Å². The van der Waals surface area contributed by atoms with Crippen LogP contribution in [0.2, 0.25) is 0 Å². The predicted octanol–water partition coefficient (Wildman–Crippen LogP) is 5.17. The van der Waals surface area contributed by atoms with Crippen LogP contribution in [0.25, 0.3) is 22.0 Å². The molecular formula is C22H16F3N3O2S. The lowest BCUT2D eigenvalue weighted by Crippen LogP contribution is -2.03. The number of anilines is 2. The third kappa shape index (κ3) is 4.09. The van der Waals surface area contributed by atoms with Gasteiger partial charge in [-0.3, -0.25) is 0 Å². The van der Waals surface area contributed by atoms with Crippen molar-refractivity contribution in [2.24, 2.45) is 0 Å². The van der Waals surface area contributed by atoms with Crippen molar-refractivity contribution in [3.63, 3.8) is 0 Å². The molecule has 9 heteroatoms. The van der Waals surface area contributed by atoms with E-state index >= 15 is 0 Å². The molecule has 3 aromatic carbocycles. The summed E-state index contributed by atoms with van der Waals surface area (Å²) in [5.74, 6) is -2.27. The Balaban J connectivity index is 1.78. The van der Waals surface area contributed by atoms with E-state index in [1.54, 1.807) is 25.1 Å². The fourth-order valence-corrected chi connectivity index (χ4v) is 4.11. The van der Waals surface area contributed by atoms with Gasteiger partial charge in [-0.25, -0.2) is 21.6 Å². The van der Waals surface area contributed by atoms with Crippen LogP contribution in [-0.4, -0.2) is 24.9 Å². The number of nitrogens with zero attached hydrogens (tertiary/aromatic N) is 2. The number of hydrogen-bond acceptors (Lipinski definition) is 5. The van der Waals surface area contributed by atoms with E-state index in [0.29, 0.717) is 33.3 Å². The van der Waals surface area contributed by atoms with E-state index in [-0.39, 0.29) is 10.6 Å². The highest BCUT2D eigenvalue weighted by Gasteiger charge is 2.19. The predicted molar refractivity (Wildman–Crippen MR) is 112 cm³/mol. The molecule has 4 rings (SSSR count). The Kier molecular flexibility index (Phi) is 5.14. The minimum absolute atomic E-state index is 0.109. The number of rotatable bonds is 4. The van der Waals surface area contributed by atoms with Crippen LogP contribution in [0.3, 0.4) is 0 Å². The van der Waals surface area contributed by atoms with Gasteiger partial charge in [-0.1, -0.05) is 0 Å². The molecule has 1 heterocycles. The highest BCUT2D eigenvalue weighted by molar-refractivity contribution is 7.90. The van der Waals surface area contributed by atoms with Gasteiger partial charge in [0.1, 0.15) is 28.0 Å². The Labute approximate surface area is 176 Å². The van der Waals surface area contributed by atoms with Crippen molar-refractivity contribution < 1.29 is 21.6 Å². The monoisotopic (exact) mass is 443 g/mol. The number of sulfone groups is 1. The molecule has 5 nitrogen and oxygen atoms in total. The van der Waals surface area contributed by atoms with Gasteiger partial charge in [0.25, 0.3) is 0 Å². The first-order chi connectivity index (χ1) is 14.6. The SMILES string of the molecule is Cc1cc(S(C)(=O)=O)c(F)cc1-c1nncc2cc(Nc3ccc(F)cc3F)ccc12. The van der Waals surface area contributed by atoms with Crippen LogP contribution in [0.1, 0.15) is 5.56 Å². The number of aryl methyl sites for hydroxylation is 1. The zero-order valence-corrected chi connectivity index (χ0v) is 17.3. The summed E-state index contributed by atoms with van der Waals surface area (Å²) < 4.78 is 65.1. The second-order valence-electron chi connectivity index (χ2n) is 7.11. The Bertz CT molecular complexity index is 1440. The van der Waals surface area contributed by atoms with Crippen LogP contribution in [0.15, 0.2) is 59.6 Å². The van der Waals surface area contributed by atoms with Crippen LogP contribution in [0.4, 0.5) is 24.5 Å². The molecule has 0 spiro atoms. The smallest absolute Gasteiger partial charge is 0.178 e. The van der Waals surface area contributed by atoms with E-state index < -0.39 is 27.3 Å². The molecule has 158 valence electrons. The molecular weight excluding hydrogens is 427 g/mol. The summed E-state index contributed by atoms with van der Waals surface area (Å²) in [5.41, 5.74) is 1.96. The summed E-state index contributed by atoms with van der Waals surface area (Å²) in [5, 5.41) is 12.3. The average molecular weight is 443 g/mol. The molecule has 1 N–H and O–H groups in total. The van der Waals surface area contributed by atoms with Crippen LogP contribution in [-0.2, 0) is 9.84 Å². The van der Waals surface area contributed by atoms with E-state index in [1.807, 2.05) is 0 Å². The molecule has 0 aliphatic heterocycles. The van der Waals surface area contributed by atoms with Gasteiger partial charge in [0.2, 0.25) is 0 Å². The summed E-state index contributed by atoms with van der Waals surface area (Å²) in [6.07, 6.45) is 2.45. The summed E-state index contributed by atoms with van der Waals surface area (Å²) in [6, 6.07) is 10.7. The van der Waals surface area contributed by atoms with Gasteiger partial charge in [-0.15, -0.1) is 5.10 Å². The quantitative estimate of drug-likeness (QED) is 0.471. The minimum Gasteiger partial charge on any atom is -0.353 e. The Morgan fingerprint density at radius 3 is 2.42 bits per heavy atom. The number of nitrogens with one attached hydrogen (secondary N) is 1. The zero-order valence-electron chi connectivity index (χ0n) is 16.4. The molecule has 0 saturated heterocycles. The number of aromatic nitrogens is 2. The Morgan fingerprint density at radius 2 is 1.71 bits per heavy atom. The van der Waals surface area contributed by atoms with E-state index in [9.17, 15) is 21.6 Å². The molecule has 4 aromatic rings. The van der Waals surface area contributed by atoms with E-state index in [0.717, 1.165) is 24.5 Å². The average Bonchev–Trinajstić information content (AvgIpc) is 2.70. The van der Waals surface area contributed by atoms with Crippen LogP contribution < -0.4 is 5.32 Å². The lowest BCUT2D eigenvalue weighted by molar-refractivity contribution is 0.570. The van der Waals surface area contributed by atoms with Gasteiger partial charge < -0.3 is 5.32 Å². The Morgan fingerprint density at radius 1 is 0.935 bits per heavy atom. The maximum atomic E-state index is 14.5. The number of halogens is 3. The lowest BCUT2D eigenvalue weighted by Gasteiger charge is -2.12. The first-order valence-electron chi connectivity index (χ1n) is 9.11. The molecule has 0 bridgehead atoms. The second kappa shape index (κ2) is 7.66. The molecule has 1 aromatic heterocycles. The van der Waals surface area contributed by atoms with Crippen molar-refractivity contribution in [2.75, 3.05) is 11.6 Å². The van der Waals surface area contributed by atoms with Crippen LogP contribution in [0, 0.1) is 24.4 Å². The minimum atomic E-state index is -3.71. The first kappa shape index (κ1) is 20.8. The fourth-order valence-electron chi connectivity index (χ4n) is 3.31. The number of hydrogen-bond donors (Lipinski definition) is 1. The van der Waals surface area contributed by atoms with Crippen LogP contribution >= 0.6 is 0 Å². The third-order valence-corrected chi connectivity index (χ3v) is 5.92. The van der Waals surface area contributed by atoms with Crippen molar-refractivity contribution in [2.45, 2.75) is 11.8 Å². The second-order valence-corrected chi connectivity index (χ2v) is 9.10. The normalized spacial score (nSPS) is 11.6. The Hall–Kier alpha value is -3.46. The van der Waals surface area contributed by atoms with E-state index in [1.165, 1.54) is 18.3 Å². The summed E-state index contributed by atoms with van der Waals surface area (Å²) in [7, 11) is -3.71. The van der Waals surface area contributed by atoms with Gasteiger partial charge in [-0.2, -0.15) is 5.10 Å². The van der Waals surface area contributed by atoms with E-state index in [4.69, 9.17) is 0 Å². The molecule has 0 atom stereocenters. The maximum Gasteiger partial charge on any atom is 0.178 e. The van der Waals surface area contributed by atoms with Gasteiger partial charge in [0.15, 0.2) is 9.84 Å². The molecule has 0 radical (unpaired) electrons. The molecule has 0 saturated carbocycles. The van der Waals surface area contributed by atoms with E-state index in [2.05, 4.69) is 15.5 Å². The summed E-state index contributed by atoms with van der Waals surface area (Å²) >= 11 is 0. The van der Waals surface area contributed by atoms with Gasteiger partial charge in [0.05, 0.1) is 11.9 Å². The number of fused-ring (bicyclic) bond motifs is 1. The summed E-state index contributed by atoms with van der Waals surface area (Å²) in [4.78, 5) is -0.380. The van der Waals surface area contributed by atoms with Crippen molar-refractivity contribution >= 4 is 32.0 Å². The third-order valence-electron chi connectivity index (χ3n) is 4.80. The molecule has 0 unspecified atom stereocenters. The number of benzene rings is 3. The molecule has 0 fully saturated rings. The van der Waals surface area contributed by atoms with Gasteiger partial charge in [-0.05, 0) is 55.0 Å². The van der Waals surface area contributed by atoms with Crippen molar-refractivity contribution in [3.05, 3.63) is 77.7 Å². The first-order valence-corrected chi connectivity index (χ1v) is 11.0.